The average molecular weight is 883 g/mol. The smallest absolute Gasteiger partial charge is 0.306 e. The lowest BCUT2D eigenvalue weighted by molar-refractivity contribution is -0.167. The van der Waals surface area contributed by atoms with Gasteiger partial charge in [0, 0.05) is 19.3 Å². The molecule has 0 aliphatic rings. The first-order valence-corrected chi connectivity index (χ1v) is 27.1. The van der Waals surface area contributed by atoms with Gasteiger partial charge in [-0.25, -0.2) is 0 Å². The molecule has 0 bridgehead atoms. The second-order valence-electron chi connectivity index (χ2n) is 18.1. The van der Waals surface area contributed by atoms with Crippen LogP contribution in [0.1, 0.15) is 278 Å². The maximum Gasteiger partial charge on any atom is 0.306 e. The Balaban J connectivity index is 4.39. The number of carbonyl (C=O) groups excluding carboxylic acids is 3. The maximum atomic E-state index is 12.8. The van der Waals surface area contributed by atoms with E-state index >= 15 is 0 Å². The van der Waals surface area contributed by atoms with Crippen molar-refractivity contribution in [1.82, 2.24) is 0 Å². The fourth-order valence-corrected chi connectivity index (χ4v) is 7.75. The van der Waals surface area contributed by atoms with Gasteiger partial charge < -0.3 is 14.2 Å². The molecule has 0 aromatic heterocycles. The summed E-state index contributed by atoms with van der Waals surface area (Å²) in [4.78, 5) is 38.0. The first-order chi connectivity index (χ1) is 31.0. The van der Waals surface area contributed by atoms with Crippen molar-refractivity contribution in [3.05, 3.63) is 48.6 Å². The van der Waals surface area contributed by atoms with Gasteiger partial charge in [-0.2, -0.15) is 0 Å². The molecule has 0 aromatic carbocycles. The number of allylic oxidation sites excluding steroid dienone is 8. The number of esters is 3. The van der Waals surface area contributed by atoms with Gasteiger partial charge in [0.15, 0.2) is 6.10 Å². The third kappa shape index (κ3) is 50.2. The molecule has 0 fully saturated rings. The summed E-state index contributed by atoms with van der Waals surface area (Å²) in [5.74, 6) is -0.895. The third-order valence-electron chi connectivity index (χ3n) is 11.8. The summed E-state index contributed by atoms with van der Waals surface area (Å²) in [6.07, 6.45) is 62.4. The van der Waals surface area contributed by atoms with Gasteiger partial charge in [0.2, 0.25) is 0 Å². The van der Waals surface area contributed by atoms with E-state index in [1.54, 1.807) is 0 Å². The molecule has 0 saturated heterocycles. The van der Waals surface area contributed by atoms with E-state index in [0.29, 0.717) is 19.3 Å². The Hall–Kier alpha value is -2.63. The van der Waals surface area contributed by atoms with Crippen LogP contribution in [0.15, 0.2) is 48.6 Å². The number of unbranched alkanes of at least 4 members (excludes halogenated alkanes) is 30. The first kappa shape index (κ1) is 60.4. The fourth-order valence-electron chi connectivity index (χ4n) is 7.75. The normalized spacial score (nSPS) is 12.4. The minimum absolute atomic E-state index is 0.0801. The van der Waals surface area contributed by atoms with Crippen molar-refractivity contribution in [2.45, 2.75) is 284 Å². The molecule has 63 heavy (non-hydrogen) atoms. The molecule has 6 nitrogen and oxygen atoms in total. The maximum absolute atomic E-state index is 12.8. The van der Waals surface area contributed by atoms with Crippen molar-refractivity contribution in [2.75, 3.05) is 13.2 Å². The lowest BCUT2D eigenvalue weighted by Crippen LogP contribution is -2.30. The third-order valence-corrected chi connectivity index (χ3v) is 11.8. The van der Waals surface area contributed by atoms with Gasteiger partial charge >= 0.3 is 17.9 Å². The summed E-state index contributed by atoms with van der Waals surface area (Å²) >= 11 is 0. The molecule has 366 valence electrons. The van der Waals surface area contributed by atoms with E-state index in [4.69, 9.17) is 14.2 Å². The number of rotatable bonds is 49. The Morgan fingerprint density at radius 1 is 0.333 bits per heavy atom. The lowest BCUT2D eigenvalue weighted by Gasteiger charge is -2.18. The van der Waals surface area contributed by atoms with Crippen LogP contribution in [0.4, 0.5) is 0 Å². The highest BCUT2D eigenvalue weighted by atomic mass is 16.6. The molecule has 0 rings (SSSR count). The summed E-state index contributed by atoms with van der Waals surface area (Å²) in [5.41, 5.74) is 0. The molecule has 0 heterocycles. The van der Waals surface area contributed by atoms with E-state index in [-0.39, 0.29) is 31.1 Å². The second kappa shape index (κ2) is 52.0. The minimum Gasteiger partial charge on any atom is -0.462 e. The van der Waals surface area contributed by atoms with Crippen molar-refractivity contribution in [1.29, 1.82) is 0 Å². The van der Waals surface area contributed by atoms with E-state index in [9.17, 15) is 14.4 Å². The van der Waals surface area contributed by atoms with Crippen LogP contribution in [-0.2, 0) is 28.6 Å². The molecule has 1 atom stereocenters. The summed E-state index contributed by atoms with van der Waals surface area (Å²) in [7, 11) is 0. The highest BCUT2D eigenvalue weighted by Gasteiger charge is 2.19. The largest absolute Gasteiger partial charge is 0.462 e. The molecule has 0 aliphatic carbocycles. The summed E-state index contributed by atoms with van der Waals surface area (Å²) < 4.78 is 16.8. The molecule has 0 saturated carbocycles. The Kier molecular flexibility index (Phi) is 49.8. The van der Waals surface area contributed by atoms with Crippen LogP contribution in [0, 0.1) is 0 Å². The number of ether oxygens (including phenoxy) is 3. The minimum atomic E-state index is -0.782. The van der Waals surface area contributed by atoms with Crippen molar-refractivity contribution in [2.24, 2.45) is 0 Å². The lowest BCUT2D eigenvalue weighted by atomic mass is 10.0. The summed E-state index contributed by atoms with van der Waals surface area (Å²) in [5, 5.41) is 0. The topological polar surface area (TPSA) is 78.9 Å². The zero-order chi connectivity index (χ0) is 45.8. The van der Waals surface area contributed by atoms with Crippen LogP contribution in [-0.4, -0.2) is 37.2 Å². The number of hydrogen-bond acceptors (Lipinski definition) is 6. The van der Waals surface area contributed by atoms with Crippen molar-refractivity contribution >= 4 is 17.9 Å². The molecule has 0 radical (unpaired) electrons. The van der Waals surface area contributed by atoms with E-state index < -0.39 is 6.10 Å². The number of hydrogen-bond donors (Lipinski definition) is 0. The van der Waals surface area contributed by atoms with Gasteiger partial charge in [0.05, 0.1) is 0 Å². The van der Waals surface area contributed by atoms with Gasteiger partial charge in [-0.05, 0) is 77.0 Å². The molecule has 0 aromatic rings. The first-order valence-electron chi connectivity index (χ1n) is 27.1. The van der Waals surface area contributed by atoms with Crippen LogP contribution in [0.5, 0.6) is 0 Å². The van der Waals surface area contributed by atoms with Crippen molar-refractivity contribution in [3.8, 4) is 0 Å². The standard InChI is InChI=1S/C57H102O6/c1-4-7-10-13-16-19-22-25-28-30-32-35-38-41-44-47-50-56(59)62-53-54(52-61-55(58)49-46-43-40-37-34-31-27-24-21-18-15-12-9-6-3)63-57(60)51-48-45-42-39-36-33-29-26-23-20-17-14-11-8-5-2/h8,11,17,20,24,26-27,29,54H,4-7,9-10,12-16,18-19,21-23,25,28,30-53H2,1-3H3/b11-8+,20-17+,27-24+,29-26+/t54-/m1/s1. The van der Waals surface area contributed by atoms with Gasteiger partial charge in [0.1, 0.15) is 13.2 Å². The van der Waals surface area contributed by atoms with E-state index in [1.165, 1.54) is 135 Å². The summed E-state index contributed by atoms with van der Waals surface area (Å²) in [6.45, 7) is 6.52. The van der Waals surface area contributed by atoms with Gasteiger partial charge in [-0.15, -0.1) is 0 Å². The molecular formula is C57H102O6. The summed E-state index contributed by atoms with van der Waals surface area (Å²) in [6, 6.07) is 0. The molecule has 6 heteroatoms. The molecule has 0 aliphatic heterocycles. The van der Waals surface area contributed by atoms with Crippen LogP contribution in [0.2, 0.25) is 0 Å². The SMILES string of the molecule is CC/C=C/C/C=C/C/C=C/CCCCCCCC(=O)O[C@H](COC(=O)CCCCCCC/C=C/CCCCCCC)COC(=O)CCCCCCCCCCCCCCCCCC. The molecule has 0 unspecified atom stereocenters. The fraction of sp³-hybridized carbons (Fsp3) is 0.807. The monoisotopic (exact) mass is 883 g/mol. The predicted octanol–water partition coefficient (Wildman–Crippen LogP) is 17.9. The van der Waals surface area contributed by atoms with Gasteiger partial charge in [-0.1, -0.05) is 230 Å². The average Bonchev–Trinajstić information content (AvgIpc) is 3.28. The Morgan fingerprint density at radius 2 is 0.619 bits per heavy atom. The van der Waals surface area contributed by atoms with E-state index in [1.807, 2.05) is 0 Å². The highest BCUT2D eigenvalue weighted by Crippen LogP contribution is 2.16. The zero-order valence-corrected chi connectivity index (χ0v) is 41.8. The van der Waals surface area contributed by atoms with Gasteiger partial charge in [-0.3, -0.25) is 14.4 Å². The Bertz CT molecular complexity index is 1110. The highest BCUT2D eigenvalue weighted by molar-refractivity contribution is 5.71. The van der Waals surface area contributed by atoms with Crippen molar-refractivity contribution < 1.29 is 28.6 Å². The quantitative estimate of drug-likeness (QED) is 0.0262. The van der Waals surface area contributed by atoms with Crippen LogP contribution < -0.4 is 0 Å². The van der Waals surface area contributed by atoms with E-state index in [0.717, 1.165) is 103 Å². The van der Waals surface area contributed by atoms with Crippen molar-refractivity contribution in [3.63, 3.8) is 0 Å². The predicted molar refractivity (Wildman–Crippen MR) is 270 cm³/mol. The van der Waals surface area contributed by atoms with E-state index in [2.05, 4.69) is 69.4 Å². The van der Waals surface area contributed by atoms with Gasteiger partial charge in [0.25, 0.3) is 0 Å². The van der Waals surface area contributed by atoms with Crippen LogP contribution >= 0.6 is 0 Å². The molecule has 0 amide bonds. The zero-order valence-electron chi connectivity index (χ0n) is 41.8. The molecular weight excluding hydrogens is 781 g/mol. The molecule has 0 spiro atoms. The van der Waals surface area contributed by atoms with Crippen LogP contribution in [0.3, 0.4) is 0 Å². The number of carbonyl (C=O) groups is 3. The Morgan fingerprint density at radius 3 is 0.984 bits per heavy atom. The Labute approximate surface area is 390 Å². The van der Waals surface area contributed by atoms with Crippen LogP contribution in [0.25, 0.3) is 0 Å². The second-order valence-corrected chi connectivity index (χ2v) is 18.1. The molecule has 0 N–H and O–H groups in total.